The third kappa shape index (κ3) is 8.28. The van der Waals surface area contributed by atoms with Crippen LogP contribution in [0.25, 0.3) is 10.9 Å². The van der Waals surface area contributed by atoms with Gasteiger partial charge < -0.3 is 25.2 Å². The standard InChI is InChI=1S/C47H47F2N9O6/c48-30-18-28(19-31(49)21-30)17-27-1-6-39-38(20-27)43(54-53-39)52-44(60)36-5-3-34(23-40(36)50-32-9-15-64-16-10-32)56-13-11-55(12-14-56)24-29-25-57(26-29)33-2-4-35-37(22-33)47(63)58(46(35)62)41-7-8-42(59)51-45(41)61/h1-6,18-23,29,32,41,50H,7-17,24-26H2,(H,51,59,61)(H2,52,53,54,60). The van der Waals surface area contributed by atoms with Gasteiger partial charge >= 0.3 is 0 Å². The Morgan fingerprint density at radius 1 is 0.781 bits per heavy atom. The highest BCUT2D eigenvalue weighted by Gasteiger charge is 2.45. The fraction of sp³-hybridized carbons (Fsp3) is 0.362. The molecular weight excluding hydrogens is 825 g/mol. The van der Waals surface area contributed by atoms with Crippen molar-refractivity contribution >= 4 is 63.3 Å². The molecule has 5 aromatic rings. The minimum absolute atomic E-state index is 0.0756. The molecule has 5 aliphatic rings. The zero-order valence-electron chi connectivity index (χ0n) is 35.0. The van der Waals surface area contributed by atoms with Gasteiger partial charge in [-0.3, -0.25) is 44.2 Å². The van der Waals surface area contributed by atoms with Crippen LogP contribution in [-0.2, 0) is 20.7 Å². The Bertz CT molecular complexity index is 2670. The third-order valence-corrected chi connectivity index (χ3v) is 13.0. The van der Waals surface area contributed by atoms with E-state index >= 15 is 0 Å². The highest BCUT2D eigenvalue weighted by molar-refractivity contribution is 6.23. The van der Waals surface area contributed by atoms with Crippen molar-refractivity contribution in [3.8, 4) is 0 Å². The molecule has 1 unspecified atom stereocenters. The van der Waals surface area contributed by atoms with Gasteiger partial charge in [0.25, 0.3) is 17.7 Å². The van der Waals surface area contributed by atoms with Crippen molar-refractivity contribution in [1.82, 2.24) is 25.3 Å². The van der Waals surface area contributed by atoms with Crippen molar-refractivity contribution in [2.24, 2.45) is 5.92 Å². The van der Waals surface area contributed by atoms with E-state index in [4.69, 9.17) is 4.74 Å². The van der Waals surface area contributed by atoms with E-state index < -0.39 is 41.3 Å². The number of nitrogens with one attached hydrogen (secondary N) is 4. The fourth-order valence-corrected chi connectivity index (χ4v) is 9.60. The molecule has 17 heteroatoms. The molecule has 1 atom stereocenters. The smallest absolute Gasteiger partial charge is 0.262 e. The number of rotatable bonds is 11. The molecule has 4 aromatic carbocycles. The number of amides is 5. The molecule has 330 valence electrons. The number of piperazine rings is 1. The number of ether oxygens (including phenoxy) is 1. The monoisotopic (exact) mass is 871 g/mol. The van der Waals surface area contributed by atoms with Gasteiger partial charge in [-0.2, -0.15) is 5.10 Å². The average molecular weight is 872 g/mol. The summed E-state index contributed by atoms with van der Waals surface area (Å²) in [5.74, 6) is -2.84. The lowest BCUT2D eigenvalue weighted by atomic mass is 9.97. The quantitative estimate of drug-likeness (QED) is 0.133. The van der Waals surface area contributed by atoms with Gasteiger partial charge in [-0.15, -0.1) is 0 Å². The van der Waals surface area contributed by atoms with Crippen LogP contribution >= 0.6 is 0 Å². The summed E-state index contributed by atoms with van der Waals surface area (Å²) >= 11 is 0. The van der Waals surface area contributed by atoms with Crippen LogP contribution in [0.4, 0.5) is 31.7 Å². The number of H-pyrrole nitrogens is 1. The van der Waals surface area contributed by atoms with Gasteiger partial charge in [0.2, 0.25) is 11.8 Å². The Morgan fingerprint density at radius 2 is 1.52 bits per heavy atom. The number of halogens is 2. The van der Waals surface area contributed by atoms with E-state index in [9.17, 15) is 32.8 Å². The highest BCUT2D eigenvalue weighted by atomic mass is 19.1. The summed E-state index contributed by atoms with van der Waals surface area (Å²) in [5, 5.41) is 16.9. The van der Waals surface area contributed by atoms with Gasteiger partial charge in [0.15, 0.2) is 5.82 Å². The van der Waals surface area contributed by atoms with Crippen LogP contribution in [0.1, 0.15) is 67.9 Å². The van der Waals surface area contributed by atoms with Crippen LogP contribution in [0, 0.1) is 17.6 Å². The Balaban J connectivity index is 0.765. The largest absolute Gasteiger partial charge is 0.381 e. The molecule has 0 bridgehead atoms. The van der Waals surface area contributed by atoms with Crippen LogP contribution in [0.15, 0.2) is 72.8 Å². The lowest BCUT2D eigenvalue weighted by Gasteiger charge is -2.45. The van der Waals surface area contributed by atoms with E-state index in [1.54, 1.807) is 12.1 Å². The number of benzene rings is 4. The minimum atomic E-state index is -0.993. The number of aromatic amines is 1. The Hall–Kier alpha value is -6.72. The van der Waals surface area contributed by atoms with Crippen molar-refractivity contribution in [2.45, 2.75) is 44.2 Å². The lowest BCUT2D eigenvalue weighted by Crippen LogP contribution is -2.55. The van der Waals surface area contributed by atoms with Crippen LogP contribution in [-0.4, -0.2) is 121 Å². The molecule has 4 N–H and O–H groups in total. The molecule has 0 radical (unpaired) electrons. The van der Waals surface area contributed by atoms with Crippen molar-refractivity contribution in [3.05, 3.63) is 112 Å². The molecule has 5 aliphatic heterocycles. The second kappa shape index (κ2) is 17.1. The van der Waals surface area contributed by atoms with Gasteiger partial charge in [0, 0.05) is 106 Å². The van der Waals surface area contributed by atoms with Gasteiger partial charge in [-0.1, -0.05) is 6.07 Å². The lowest BCUT2D eigenvalue weighted by molar-refractivity contribution is -0.136. The Morgan fingerprint density at radius 3 is 2.28 bits per heavy atom. The highest BCUT2D eigenvalue weighted by Crippen LogP contribution is 2.34. The van der Waals surface area contributed by atoms with Crippen molar-refractivity contribution < 1.29 is 37.5 Å². The van der Waals surface area contributed by atoms with Gasteiger partial charge in [-0.05, 0) is 97.5 Å². The number of hydrogen-bond acceptors (Lipinski definition) is 11. The number of anilines is 4. The summed E-state index contributed by atoms with van der Waals surface area (Å²) in [5.41, 5.74) is 5.67. The topological polar surface area (TPSA) is 172 Å². The molecule has 4 saturated heterocycles. The molecule has 0 spiro atoms. The van der Waals surface area contributed by atoms with Gasteiger partial charge in [0.1, 0.15) is 17.7 Å². The van der Waals surface area contributed by atoms with E-state index in [2.05, 4.69) is 46.9 Å². The number of hydrogen-bond donors (Lipinski definition) is 4. The first-order chi connectivity index (χ1) is 31.0. The number of piperidine rings is 1. The zero-order valence-corrected chi connectivity index (χ0v) is 35.0. The number of imide groups is 2. The van der Waals surface area contributed by atoms with E-state index in [0.717, 1.165) is 92.2 Å². The van der Waals surface area contributed by atoms with E-state index in [-0.39, 0.29) is 35.9 Å². The maximum absolute atomic E-state index is 14.0. The third-order valence-electron chi connectivity index (χ3n) is 13.0. The predicted octanol–water partition coefficient (Wildman–Crippen LogP) is 4.93. The molecule has 5 amide bonds. The summed E-state index contributed by atoms with van der Waals surface area (Å²) in [6.07, 6.45) is 2.13. The molecular formula is C47H47F2N9O6. The minimum Gasteiger partial charge on any atom is -0.381 e. The summed E-state index contributed by atoms with van der Waals surface area (Å²) in [4.78, 5) is 72.7. The predicted molar refractivity (Wildman–Crippen MR) is 235 cm³/mol. The first kappa shape index (κ1) is 41.3. The number of aromatic nitrogens is 2. The van der Waals surface area contributed by atoms with Crippen molar-refractivity contribution in [2.75, 3.05) is 79.5 Å². The molecule has 10 rings (SSSR count). The maximum Gasteiger partial charge on any atom is 0.262 e. The zero-order chi connectivity index (χ0) is 44.1. The first-order valence-electron chi connectivity index (χ1n) is 21.8. The second-order valence-corrected chi connectivity index (χ2v) is 17.4. The van der Waals surface area contributed by atoms with E-state index in [1.807, 2.05) is 36.4 Å². The molecule has 15 nitrogen and oxygen atoms in total. The van der Waals surface area contributed by atoms with Crippen LogP contribution in [0.3, 0.4) is 0 Å². The molecule has 0 aliphatic carbocycles. The SMILES string of the molecule is O=C1CCC(N2C(=O)c3ccc(N4CC(CN5CCN(c6ccc(C(=O)Nc7n[nH]c8ccc(Cc9cc(F)cc(F)c9)cc78)c(NC7CCOCC7)c6)CC5)C4)cc3C2=O)C(=O)N1. The van der Waals surface area contributed by atoms with Crippen molar-refractivity contribution in [3.63, 3.8) is 0 Å². The van der Waals surface area contributed by atoms with Crippen LogP contribution in [0.2, 0.25) is 0 Å². The molecule has 64 heavy (non-hydrogen) atoms. The van der Waals surface area contributed by atoms with E-state index in [0.29, 0.717) is 53.4 Å². The van der Waals surface area contributed by atoms with Crippen LogP contribution < -0.4 is 25.8 Å². The first-order valence-corrected chi connectivity index (χ1v) is 21.8. The number of carbonyl (C=O) groups excluding carboxylic acids is 5. The molecule has 0 saturated carbocycles. The number of fused-ring (bicyclic) bond motifs is 2. The van der Waals surface area contributed by atoms with Gasteiger partial charge in [0.05, 0.1) is 22.2 Å². The summed E-state index contributed by atoms with van der Waals surface area (Å²) in [6, 6.07) is 19.3. The summed E-state index contributed by atoms with van der Waals surface area (Å²) < 4.78 is 33.4. The maximum atomic E-state index is 14.0. The molecule has 6 heterocycles. The summed E-state index contributed by atoms with van der Waals surface area (Å²) in [6.45, 7) is 7.21. The normalized spacial score (nSPS) is 19.8. The second-order valence-electron chi connectivity index (χ2n) is 17.4. The Labute approximate surface area is 367 Å². The average Bonchev–Trinajstić information content (AvgIpc) is 3.77. The van der Waals surface area contributed by atoms with Crippen molar-refractivity contribution in [1.29, 1.82) is 0 Å². The van der Waals surface area contributed by atoms with E-state index in [1.165, 1.54) is 12.1 Å². The fourth-order valence-electron chi connectivity index (χ4n) is 9.60. The van der Waals surface area contributed by atoms with Crippen LogP contribution in [0.5, 0.6) is 0 Å². The number of nitrogens with zero attached hydrogens (tertiary/aromatic N) is 5. The molecule has 1 aromatic heterocycles. The van der Waals surface area contributed by atoms with Gasteiger partial charge in [-0.25, -0.2) is 8.78 Å². The molecule has 4 fully saturated rings. The Kier molecular flexibility index (Phi) is 11.0. The number of carbonyl (C=O) groups is 5. The summed E-state index contributed by atoms with van der Waals surface area (Å²) in [7, 11) is 0.